The number of allylic oxidation sites excluding steroid dienone is 4. The first-order valence-electron chi connectivity index (χ1n) is 20.1. The minimum Gasteiger partial charge on any atom is -0.311 e. The molecule has 0 aliphatic rings. The van der Waals surface area contributed by atoms with Crippen LogP contribution in [0, 0.1) is 0 Å². The molecule has 4 heteroatoms. The Hall–Kier alpha value is -7.69. The van der Waals surface area contributed by atoms with E-state index in [9.17, 15) is 0 Å². The Kier molecular flexibility index (Phi) is 10.8. The van der Waals surface area contributed by atoms with E-state index in [1.807, 2.05) is 0 Å². The second-order valence-electron chi connectivity index (χ2n) is 14.5. The smallest absolute Gasteiger partial charge is 0.145 e. The summed E-state index contributed by atoms with van der Waals surface area (Å²) in [5, 5.41) is 0. The van der Waals surface area contributed by atoms with Crippen LogP contribution in [-0.2, 0) is 6.42 Å². The summed E-state index contributed by atoms with van der Waals surface area (Å²) in [4.78, 5) is 9.88. The van der Waals surface area contributed by atoms with Gasteiger partial charge in [0.2, 0.25) is 0 Å². The summed E-state index contributed by atoms with van der Waals surface area (Å²) in [7, 11) is 0. The normalized spacial score (nSPS) is 11.7. The highest BCUT2D eigenvalue weighted by Crippen LogP contribution is 2.37. The minimum absolute atomic E-state index is 0.732. The highest BCUT2D eigenvalue weighted by Gasteiger charge is 2.17. The Morgan fingerprint density at radius 2 is 0.864 bits per heavy atom. The van der Waals surface area contributed by atoms with E-state index in [0.717, 1.165) is 79.8 Å². The topological polar surface area (TPSA) is 24.3 Å². The number of nitrogens with zero attached hydrogens (tertiary/aromatic N) is 4. The first-order valence-corrected chi connectivity index (χ1v) is 20.1. The summed E-state index contributed by atoms with van der Waals surface area (Å²) in [5.74, 6) is 0.906. The number of benzene rings is 8. The fraction of sp³-hybridized carbons (Fsp3) is 0.0364. The predicted octanol–water partition coefficient (Wildman–Crippen LogP) is 14.7. The molecule has 0 saturated carbocycles. The van der Waals surface area contributed by atoms with Gasteiger partial charge in [-0.2, -0.15) is 0 Å². The molecule has 4 nitrogen and oxygen atoms in total. The molecule has 0 amide bonds. The summed E-state index contributed by atoms with van der Waals surface area (Å²) < 4.78 is 2.28. The van der Waals surface area contributed by atoms with E-state index in [4.69, 9.17) is 4.98 Å². The molecule has 0 radical (unpaired) electrons. The number of para-hydroxylation sites is 7. The number of fused-ring (bicyclic) bond motifs is 1. The number of anilines is 6. The van der Waals surface area contributed by atoms with Crippen molar-refractivity contribution in [3.8, 4) is 5.69 Å². The van der Waals surface area contributed by atoms with E-state index in [1.54, 1.807) is 0 Å². The van der Waals surface area contributed by atoms with Gasteiger partial charge in [0.15, 0.2) is 0 Å². The van der Waals surface area contributed by atoms with Crippen LogP contribution in [-0.4, -0.2) is 9.55 Å². The molecule has 59 heavy (non-hydrogen) atoms. The van der Waals surface area contributed by atoms with Gasteiger partial charge in [-0.1, -0.05) is 133 Å². The van der Waals surface area contributed by atoms with Crippen LogP contribution in [0.4, 0.5) is 34.1 Å². The van der Waals surface area contributed by atoms with Crippen molar-refractivity contribution >= 4 is 56.3 Å². The number of hydrogen-bond acceptors (Lipinski definition) is 3. The lowest BCUT2D eigenvalue weighted by atomic mass is 10.0. The van der Waals surface area contributed by atoms with E-state index in [2.05, 4.69) is 258 Å². The Bertz CT molecular complexity index is 2730. The summed E-state index contributed by atoms with van der Waals surface area (Å²) in [6.07, 6.45) is 5.35. The van der Waals surface area contributed by atoms with Crippen molar-refractivity contribution in [1.29, 1.82) is 0 Å². The highest BCUT2D eigenvalue weighted by molar-refractivity contribution is 5.88. The zero-order valence-electron chi connectivity index (χ0n) is 33.0. The molecule has 1 heterocycles. The Morgan fingerprint density at radius 1 is 0.458 bits per heavy atom. The Labute approximate surface area is 346 Å². The van der Waals surface area contributed by atoms with Crippen molar-refractivity contribution in [2.75, 3.05) is 9.80 Å². The molecule has 0 bridgehead atoms. The van der Waals surface area contributed by atoms with E-state index >= 15 is 0 Å². The summed E-state index contributed by atoms with van der Waals surface area (Å²) >= 11 is 0. The molecule has 0 aliphatic heterocycles. The van der Waals surface area contributed by atoms with Crippen molar-refractivity contribution in [2.24, 2.45) is 0 Å². The van der Waals surface area contributed by atoms with Crippen LogP contribution in [0.5, 0.6) is 0 Å². The monoisotopic (exact) mass is 760 g/mol. The van der Waals surface area contributed by atoms with Gasteiger partial charge in [0.05, 0.1) is 11.0 Å². The van der Waals surface area contributed by atoms with Crippen molar-refractivity contribution in [3.05, 3.63) is 254 Å². The zero-order valence-corrected chi connectivity index (χ0v) is 33.0. The van der Waals surface area contributed by atoms with Gasteiger partial charge in [0.1, 0.15) is 5.82 Å². The number of imidazole rings is 1. The van der Waals surface area contributed by atoms with Gasteiger partial charge in [-0.05, 0) is 133 Å². The standard InChI is InChI=1S/C55H44N4/c1-42(44-35-39-52(40-36-44)58(48-23-11-4-12-24-48)49-25-13-5-14-26-49)41-45(55-56-53-29-17-18-30-54(53)59(55)50-27-15-6-16-28-50)34-31-43-32-37-51(38-33-43)57(46-19-7-2-8-20-46)47-21-9-3-10-22-47/h2-30,32-41H,31H2,1H3/b42-41+,45-34+. The molecule has 1 aromatic heterocycles. The fourth-order valence-electron chi connectivity index (χ4n) is 7.67. The van der Waals surface area contributed by atoms with E-state index in [-0.39, 0.29) is 0 Å². The number of aromatic nitrogens is 2. The van der Waals surface area contributed by atoms with Gasteiger partial charge >= 0.3 is 0 Å². The maximum Gasteiger partial charge on any atom is 0.145 e. The molecule has 0 fully saturated rings. The Balaban J connectivity index is 1.10. The number of hydrogen-bond donors (Lipinski definition) is 0. The second-order valence-corrected chi connectivity index (χ2v) is 14.5. The maximum atomic E-state index is 5.29. The van der Waals surface area contributed by atoms with E-state index < -0.39 is 0 Å². The van der Waals surface area contributed by atoms with Crippen LogP contribution in [0.3, 0.4) is 0 Å². The summed E-state index contributed by atoms with van der Waals surface area (Å²) in [6.45, 7) is 2.20. The molecule has 0 spiro atoms. The van der Waals surface area contributed by atoms with Crippen LogP contribution in [0.25, 0.3) is 27.9 Å². The van der Waals surface area contributed by atoms with Crippen LogP contribution in [0.2, 0.25) is 0 Å². The van der Waals surface area contributed by atoms with Crippen LogP contribution >= 0.6 is 0 Å². The quantitative estimate of drug-likeness (QED) is 0.116. The molecule has 0 atom stereocenters. The minimum atomic E-state index is 0.732. The van der Waals surface area contributed by atoms with Gasteiger partial charge in [-0.3, -0.25) is 4.57 Å². The molecule has 9 rings (SSSR count). The third-order valence-corrected chi connectivity index (χ3v) is 10.6. The lowest BCUT2D eigenvalue weighted by Gasteiger charge is -2.25. The summed E-state index contributed by atoms with van der Waals surface area (Å²) in [5.41, 5.74) is 14.4. The number of rotatable bonds is 12. The van der Waals surface area contributed by atoms with Crippen molar-refractivity contribution in [1.82, 2.24) is 9.55 Å². The van der Waals surface area contributed by atoms with Crippen LogP contribution in [0.15, 0.2) is 237 Å². The lowest BCUT2D eigenvalue weighted by molar-refractivity contribution is 1.05. The van der Waals surface area contributed by atoms with Crippen LogP contribution < -0.4 is 9.80 Å². The Morgan fingerprint density at radius 3 is 1.36 bits per heavy atom. The highest BCUT2D eigenvalue weighted by atomic mass is 15.1. The molecular weight excluding hydrogens is 717 g/mol. The first-order chi connectivity index (χ1) is 29.2. The van der Waals surface area contributed by atoms with Gasteiger partial charge in [-0.15, -0.1) is 0 Å². The largest absolute Gasteiger partial charge is 0.311 e. The first kappa shape index (κ1) is 36.9. The molecule has 0 N–H and O–H groups in total. The predicted molar refractivity (Wildman–Crippen MR) is 249 cm³/mol. The van der Waals surface area contributed by atoms with Gasteiger partial charge in [-0.25, -0.2) is 4.98 Å². The van der Waals surface area contributed by atoms with Gasteiger partial charge in [0, 0.05) is 45.4 Å². The zero-order chi connectivity index (χ0) is 39.8. The lowest BCUT2D eigenvalue weighted by Crippen LogP contribution is -2.09. The van der Waals surface area contributed by atoms with Crippen molar-refractivity contribution in [3.63, 3.8) is 0 Å². The molecule has 0 saturated heterocycles. The summed E-state index contributed by atoms with van der Waals surface area (Å²) in [6, 6.07) is 78.9. The van der Waals surface area contributed by atoms with Gasteiger partial charge in [0.25, 0.3) is 0 Å². The maximum absolute atomic E-state index is 5.29. The second kappa shape index (κ2) is 17.2. The van der Waals surface area contributed by atoms with Crippen molar-refractivity contribution < 1.29 is 0 Å². The molecule has 0 aliphatic carbocycles. The van der Waals surface area contributed by atoms with Crippen LogP contribution in [0.1, 0.15) is 23.9 Å². The molecule has 0 unspecified atom stereocenters. The average Bonchev–Trinajstić information content (AvgIpc) is 3.70. The molecule has 8 aromatic carbocycles. The van der Waals surface area contributed by atoms with Gasteiger partial charge < -0.3 is 9.80 Å². The molecular formula is C55H44N4. The SMILES string of the molecule is C/C(=C\C(=C/Cc1ccc(N(c2ccccc2)c2ccccc2)cc1)c1nc2ccccc2n1-c1ccccc1)c1ccc(N(c2ccccc2)c2ccccc2)cc1. The fourth-order valence-corrected chi connectivity index (χ4v) is 7.67. The molecule has 9 aromatic rings. The van der Waals surface area contributed by atoms with E-state index in [1.165, 1.54) is 5.56 Å². The average molecular weight is 761 g/mol. The third kappa shape index (κ3) is 8.11. The van der Waals surface area contributed by atoms with E-state index in [0.29, 0.717) is 0 Å². The molecule has 284 valence electrons. The third-order valence-electron chi connectivity index (χ3n) is 10.6. The van der Waals surface area contributed by atoms with Crippen molar-refractivity contribution in [2.45, 2.75) is 13.3 Å².